The maximum absolute atomic E-state index is 12.4. The number of allylic oxidation sites excluding steroid dienone is 2. The number of halogens is 2. The van der Waals surface area contributed by atoms with Gasteiger partial charge in [0.1, 0.15) is 18.0 Å². The Hall–Kier alpha value is 0.0600. The standard InChI is InChI=1S/C6H6FIO2/c7-3-1-4(8)6(10)5(9)2-3/h1-2,5-6,9-10H/t5-,6+/m0/s1. The smallest absolute Gasteiger partial charge is 0.122 e. The van der Waals surface area contributed by atoms with Crippen molar-refractivity contribution in [1.82, 2.24) is 0 Å². The Morgan fingerprint density at radius 1 is 1.50 bits per heavy atom. The normalized spacial score (nSPS) is 33.2. The maximum Gasteiger partial charge on any atom is 0.122 e. The number of aliphatic hydroxyl groups excluding tert-OH is 2. The average molecular weight is 256 g/mol. The second-order valence-electron chi connectivity index (χ2n) is 2.02. The van der Waals surface area contributed by atoms with E-state index in [1.54, 1.807) is 22.6 Å². The molecule has 0 saturated heterocycles. The molecule has 1 aliphatic carbocycles. The van der Waals surface area contributed by atoms with Gasteiger partial charge in [0.05, 0.1) is 0 Å². The molecule has 0 aromatic rings. The first-order chi connectivity index (χ1) is 4.61. The lowest BCUT2D eigenvalue weighted by Crippen LogP contribution is -2.26. The SMILES string of the molecule is O[C@@H]1C(I)=CC(F)=C[C@@H]1O. The van der Waals surface area contributed by atoms with Crippen LogP contribution in [0.1, 0.15) is 0 Å². The third-order valence-electron chi connectivity index (χ3n) is 1.21. The predicted octanol–water partition coefficient (Wildman–Crippen LogP) is 0.894. The van der Waals surface area contributed by atoms with Crippen molar-refractivity contribution in [2.75, 3.05) is 0 Å². The van der Waals surface area contributed by atoms with Gasteiger partial charge in [0, 0.05) is 3.58 Å². The monoisotopic (exact) mass is 256 g/mol. The number of hydrogen-bond acceptors (Lipinski definition) is 2. The van der Waals surface area contributed by atoms with Crippen molar-refractivity contribution >= 4 is 22.6 Å². The molecule has 0 amide bonds. The lowest BCUT2D eigenvalue weighted by molar-refractivity contribution is 0.0762. The first-order valence-electron chi connectivity index (χ1n) is 2.72. The number of hydrogen-bond donors (Lipinski definition) is 2. The van der Waals surface area contributed by atoms with Crippen molar-refractivity contribution in [3.05, 3.63) is 21.6 Å². The molecule has 10 heavy (non-hydrogen) atoms. The summed E-state index contributed by atoms with van der Waals surface area (Å²) in [4.78, 5) is 0. The van der Waals surface area contributed by atoms with Crippen LogP contribution in [-0.2, 0) is 0 Å². The van der Waals surface area contributed by atoms with Crippen molar-refractivity contribution in [3.63, 3.8) is 0 Å². The van der Waals surface area contributed by atoms with Crippen LogP contribution >= 0.6 is 22.6 Å². The third kappa shape index (κ3) is 1.56. The van der Waals surface area contributed by atoms with Crippen LogP contribution in [0.2, 0.25) is 0 Å². The molecule has 2 N–H and O–H groups in total. The highest BCUT2D eigenvalue weighted by atomic mass is 127. The minimum absolute atomic E-state index is 0.421. The van der Waals surface area contributed by atoms with Crippen LogP contribution in [-0.4, -0.2) is 22.4 Å². The molecule has 0 saturated carbocycles. The fraction of sp³-hybridized carbons (Fsp3) is 0.333. The van der Waals surface area contributed by atoms with Gasteiger partial charge in [-0.25, -0.2) is 4.39 Å². The van der Waals surface area contributed by atoms with Gasteiger partial charge in [0.2, 0.25) is 0 Å². The lowest BCUT2D eigenvalue weighted by Gasteiger charge is -2.17. The molecule has 0 spiro atoms. The molecule has 0 radical (unpaired) electrons. The van der Waals surface area contributed by atoms with E-state index in [-0.39, 0.29) is 0 Å². The molecule has 0 aliphatic heterocycles. The predicted molar refractivity (Wildman–Crippen MR) is 43.3 cm³/mol. The van der Waals surface area contributed by atoms with Gasteiger partial charge in [0.25, 0.3) is 0 Å². The molecule has 56 valence electrons. The Bertz CT molecular complexity index is 200. The zero-order chi connectivity index (χ0) is 7.72. The van der Waals surface area contributed by atoms with Crippen molar-refractivity contribution in [2.24, 2.45) is 0 Å². The molecule has 2 nitrogen and oxygen atoms in total. The zero-order valence-electron chi connectivity index (χ0n) is 4.96. The Labute approximate surface area is 71.2 Å². The van der Waals surface area contributed by atoms with Crippen LogP contribution in [0.25, 0.3) is 0 Å². The van der Waals surface area contributed by atoms with E-state index in [4.69, 9.17) is 10.2 Å². The Morgan fingerprint density at radius 3 is 2.60 bits per heavy atom. The molecule has 0 fully saturated rings. The van der Waals surface area contributed by atoms with E-state index in [2.05, 4.69) is 0 Å². The van der Waals surface area contributed by atoms with E-state index < -0.39 is 18.0 Å². The second-order valence-corrected chi connectivity index (χ2v) is 3.26. The van der Waals surface area contributed by atoms with Gasteiger partial charge in [-0.05, 0) is 34.7 Å². The van der Waals surface area contributed by atoms with Crippen LogP contribution < -0.4 is 0 Å². The molecule has 1 aliphatic rings. The van der Waals surface area contributed by atoms with Crippen molar-refractivity contribution in [2.45, 2.75) is 12.2 Å². The highest BCUT2D eigenvalue weighted by molar-refractivity contribution is 14.1. The van der Waals surface area contributed by atoms with Gasteiger partial charge in [-0.1, -0.05) is 0 Å². The summed E-state index contributed by atoms with van der Waals surface area (Å²) in [5.74, 6) is -0.498. The van der Waals surface area contributed by atoms with Crippen molar-refractivity contribution < 1.29 is 14.6 Å². The van der Waals surface area contributed by atoms with Crippen LogP contribution in [0.15, 0.2) is 21.6 Å². The molecule has 0 aromatic heterocycles. The van der Waals surface area contributed by atoms with Crippen LogP contribution in [0.3, 0.4) is 0 Å². The van der Waals surface area contributed by atoms with Crippen LogP contribution in [0.5, 0.6) is 0 Å². The molecule has 1 rings (SSSR count). The van der Waals surface area contributed by atoms with Gasteiger partial charge in [-0.3, -0.25) is 0 Å². The van der Waals surface area contributed by atoms with Crippen LogP contribution in [0.4, 0.5) is 4.39 Å². The summed E-state index contributed by atoms with van der Waals surface area (Å²) in [7, 11) is 0. The molecule has 0 heterocycles. The lowest BCUT2D eigenvalue weighted by atomic mass is 10.1. The zero-order valence-corrected chi connectivity index (χ0v) is 7.12. The topological polar surface area (TPSA) is 40.5 Å². The highest BCUT2D eigenvalue weighted by Gasteiger charge is 2.21. The van der Waals surface area contributed by atoms with E-state index in [9.17, 15) is 4.39 Å². The summed E-state index contributed by atoms with van der Waals surface area (Å²) in [6.07, 6.45) is 0.113. The molecule has 4 heteroatoms. The third-order valence-corrected chi connectivity index (χ3v) is 2.16. The molecular formula is C6H6FIO2. The number of rotatable bonds is 0. The largest absolute Gasteiger partial charge is 0.386 e. The molecule has 2 atom stereocenters. The molecule has 0 aromatic carbocycles. The fourth-order valence-electron chi connectivity index (χ4n) is 0.683. The maximum atomic E-state index is 12.4. The summed E-state index contributed by atoms with van der Waals surface area (Å²) in [6.45, 7) is 0. The summed E-state index contributed by atoms with van der Waals surface area (Å²) >= 11 is 1.78. The summed E-state index contributed by atoms with van der Waals surface area (Å²) < 4.78 is 12.8. The van der Waals surface area contributed by atoms with Gasteiger partial charge < -0.3 is 10.2 Å². The fourth-order valence-corrected chi connectivity index (χ4v) is 1.35. The van der Waals surface area contributed by atoms with E-state index in [1.807, 2.05) is 0 Å². The Morgan fingerprint density at radius 2 is 2.10 bits per heavy atom. The summed E-state index contributed by atoms with van der Waals surface area (Å²) in [5, 5.41) is 17.9. The van der Waals surface area contributed by atoms with Gasteiger partial charge in [-0.15, -0.1) is 0 Å². The van der Waals surface area contributed by atoms with Crippen molar-refractivity contribution in [3.8, 4) is 0 Å². The first-order valence-corrected chi connectivity index (χ1v) is 3.79. The highest BCUT2D eigenvalue weighted by Crippen LogP contribution is 2.23. The Balaban J connectivity index is 2.85. The molecule has 0 bridgehead atoms. The van der Waals surface area contributed by atoms with Gasteiger partial charge in [0.15, 0.2) is 0 Å². The summed E-state index contributed by atoms with van der Waals surface area (Å²) in [5.41, 5.74) is 0. The minimum atomic E-state index is -1.10. The molecular weight excluding hydrogens is 250 g/mol. The van der Waals surface area contributed by atoms with E-state index >= 15 is 0 Å². The quantitative estimate of drug-likeness (QED) is 0.632. The van der Waals surface area contributed by atoms with Gasteiger partial charge >= 0.3 is 0 Å². The van der Waals surface area contributed by atoms with Crippen molar-refractivity contribution in [1.29, 1.82) is 0 Å². The van der Waals surface area contributed by atoms with E-state index in [0.717, 1.165) is 6.08 Å². The average Bonchev–Trinajstić information content (AvgIpc) is 1.82. The van der Waals surface area contributed by atoms with E-state index in [0.29, 0.717) is 3.58 Å². The Kier molecular flexibility index (Phi) is 2.43. The molecule has 0 unspecified atom stereocenters. The van der Waals surface area contributed by atoms with E-state index in [1.165, 1.54) is 6.08 Å². The first kappa shape index (κ1) is 8.16. The van der Waals surface area contributed by atoms with Gasteiger partial charge in [-0.2, -0.15) is 0 Å². The second kappa shape index (κ2) is 2.98. The minimum Gasteiger partial charge on any atom is -0.386 e. The van der Waals surface area contributed by atoms with Crippen LogP contribution in [0, 0.1) is 0 Å². The number of aliphatic hydroxyl groups is 2. The summed E-state index contributed by atoms with van der Waals surface area (Å²) in [6, 6.07) is 0.